The molecule has 1 rings (SSSR count). The van der Waals surface area contributed by atoms with Gasteiger partial charge in [0, 0.05) is 24.1 Å². The maximum atomic E-state index is 5.30. The lowest BCUT2D eigenvalue weighted by Crippen LogP contribution is -2.21. The Kier molecular flexibility index (Phi) is 5.95. The highest BCUT2D eigenvalue weighted by molar-refractivity contribution is 7.11. The molecule has 1 aromatic rings. The van der Waals surface area contributed by atoms with Gasteiger partial charge in [-0.3, -0.25) is 0 Å². The fourth-order valence-electron chi connectivity index (χ4n) is 1.68. The summed E-state index contributed by atoms with van der Waals surface area (Å²) in [5.41, 5.74) is 1.19. The Morgan fingerprint density at radius 3 is 2.75 bits per heavy atom. The normalized spacial score (nSPS) is 13.0. The topological polar surface area (TPSA) is 34.1 Å². The van der Waals surface area contributed by atoms with Crippen molar-refractivity contribution in [3.05, 3.63) is 15.6 Å². The molecule has 0 aromatic carbocycles. The van der Waals surface area contributed by atoms with E-state index in [2.05, 4.69) is 31.1 Å². The van der Waals surface area contributed by atoms with Gasteiger partial charge in [-0.15, -0.1) is 11.3 Å². The molecule has 4 heteroatoms. The van der Waals surface area contributed by atoms with Gasteiger partial charge in [0.1, 0.15) is 0 Å². The summed E-state index contributed by atoms with van der Waals surface area (Å²) in [4.78, 5) is 5.87. The Morgan fingerprint density at radius 1 is 1.44 bits per heavy atom. The SMILES string of the molecule is CCOCCCNC(C)c1nc(C)sc1C. The molecule has 0 aliphatic heterocycles. The van der Waals surface area contributed by atoms with E-state index in [-0.39, 0.29) is 0 Å². The Balaban J connectivity index is 2.29. The molecule has 0 radical (unpaired) electrons. The first kappa shape index (κ1) is 13.6. The van der Waals surface area contributed by atoms with Gasteiger partial charge in [0.05, 0.1) is 10.7 Å². The van der Waals surface area contributed by atoms with Crippen LogP contribution in [0.2, 0.25) is 0 Å². The molecule has 0 aliphatic rings. The molecule has 0 saturated carbocycles. The summed E-state index contributed by atoms with van der Waals surface area (Å²) >= 11 is 1.77. The zero-order valence-electron chi connectivity index (χ0n) is 10.7. The van der Waals surface area contributed by atoms with Crippen molar-refractivity contribution in [1.82, 2.24) is 10.3 Å². The molecule has 16 heavy (non-hydrogen) atoms. The van der Waals surface area contributed by atoms with E-state index >= 15 is 0 Å². The first-order chi connectivity index (χ1) is 7.65. The van der Waals surface area contributed by atoms with Crippen LogP contribution in [0.25, 0.3) is 0 Å². The van der Waals surface area contributed by atoms with Crippen molar-refractivity contribution in [3.63, 3.8) is 0 Å². The number of nitrogens with zero attached hydrogens (tertiary/aromatic N) is 1. The maximum Gasteiger partial charge on any atom is 0.0900 e. The first-order valence-corrected chi connectivity index (χ1v) is 6.71. The van der Waals surface area contributed by atoms with E-state index in [9.17, 15) is 0 Å². The lowest BCUT2D eigenvalue weighted by Gasteiger charge is -2.12. The third kappa shape index (κ3) is 4.20. The minimum atomic E-state index is 0.339. The Hall–Kier alpha value is -0.450. The van der Waals surface area contributed by atoms with Crippen molar-refractivity contribution < 1.29 is 4.74 Å². The van der Waals surface area contributed by atoms with Crippen molar-refractivity contribution in [2.75, 3.05) is 19.8 Å². The van der Waals surface area contributed by atoms with Crippen molar-refractivity contribution in [3.8, 4) is 0 Å². The zero-order chi connectivity index (χ0) is 12.0. The average Bonchev–Trinajstić information content (AvgIpc) is 2.57. The van der Waals surface area contributed by atoms with Crippen LogP contribution in [-0.2, 0) is 4.74 Å². The third-order valence-electron chi connectivity index (χ3n) is 2.47. The van der Waals surface area contributed by atoms with Gasteiger partial charge in [0.25, 0.3) is 0 Å². The minimum Gasteiger partial charge on any atom is -0.382 e. The number of aryl methyl sites for hydroxylation is 2. The highest BCUT2D eigenvalue weighted by Crippen LogP contribution is 2.22. The van der Waals surface area contributed by atoms with Gasteiger partial charge < -0.3 is 10.1 Å². The van der Waals surface area contributed by atoms with Gasteiger partial charge in [-0.05, 0) is 40.7 Å². The lowest BCUT2D eigenvalue weighted by atomic mass is 10.2. The fraction of sp³-hybridized carbons (Fsp3) is 0.750. The number of hydrogen-bond donors (Lipinski definition) is 1. The van der Waals surface area contributed by atoms with E-state index in [1.54, 1.807) is 11.3 Å². The van der Waals surface area contributed by atoms with E-state index in [1.807, 2.05) is 6.92 Å². The third-order valence-corrected chi connectivity index (χ3v) is 3.37. The second kappa shape index (κ2) is 6.99. The molecule has 0 aliphatic carbocycles. The van der Waals surface area contributed by atoms with Crippen LogP contribution in [0.1, 0.15) is 41.9 Å². The second-order valence-corrected chi connectivity index (χ2v) is 5.31. The van der Waals surface area contributed by atoms with Crippen LogP contribution in [0, 0.1) is 13.8 Å². The van der Waals surface area contributed by atoms with Gasteiger partial charge in [0.2, 0.25) is 0 Å². The summed E-state index contributed by atoms with van der Waals surface area (Å²) in [6.45, 7) is 11.0. The molecular weight excluding hydrogens is 220 g/mol. The number of nitrogens with one attached hydrogen (secondary N) is 1. The van der Waals surface area contributed by atoms with Crippen molar-refractivity contribution in [2.24, 2.45) is 0 Å². The molecule has 3 nitrogen and oxygen atoms in total. The van der Waals surface area contributed by atoms with Gasteiger partial charge in [-0.2, -0.15) is 0 Å². The molecule has 0 bridgehead atoms. The molecule has 1 unspecified atom stereocenters. The molecule has 0 saturated heterocycles. The number of thiazole rings is 1. The van der Waals surface area contributed by atoms with Crippen LogP contribution in [0.3, 0.4) is 0 Å². The van der Waals surface area contributed by atoms with Crippen molar-refractivity contribution >= 4 is 11.3 Å². The number of aromatic nitrogens is 1. The van der Waals surface area contributed by atoms with E-state index in [0.717, 1.165) is 31.2 Å². The van der Waals surface area contributed by atoms with Crippen LogP contribution >= 0.6 is 11.3 Å². The summed E-state index contributed by atoms with van der Waals surface area (Å²) in [5, 5.41) is 4.62. The van der Waals surface area contributed by atoms with E-state index in [1.165, 1.54) is 10.6 Å². The monoisotopic (exact) mass is 242 g/mol. The predicted molar refractivity (Wildman–Crippen MR) is 69.1 cm³/mol. The van der Waals surface area contributed by atoms with Crippen LogP contribution in [0.15, 0.2) is 0 Å². The molecule has 1 atom stereocenters. The Morgan fingerprint density at radius 2 is 2.19 bits per heavy atom. The average molecular weight is 242 g/mol. The smallest absolute Gasteiger partial charge is 0.0900 e. The zero-order valence-corrected chi connectivity index (χ0v) is 11.5. The molecule has 1 N–H and O–H groups in total. The lowest BCUT2D eigenvalue weighted by molar-refractivity contribution is 0.144. The van der Waals surface area contributed by atoms with Crippen LogP contribution < -0.4 is 5.32 Å². The quantitative estimate of drug-likeness (QED) is 0.747. The number of ether oxygens (including phenoxy) is 1. The van der Waals surface area contributed by atoms with Crippen LogP contribution in [0.5, 0.6) is 0 Å². The number of rotatable bonds is 7. The molecule has 1 aromatic heterocycles. The fourth-order valence-corrected chi connectivity index (χ4v) is 2.59. The number of hydrogen-bond acceptors (Lipinski definition) is 4. The van der Waals surface area contributed by atoms with E-state index < -0.39 is 0 Å². The van der Waals surface area contributed by atoms with Crippen molar-refractivity contribution in [2.45, 2.75) is 40.2 Å². The second-order valence-electron chi connectivity index (χ2n) is 3.90. The summed E-state index contributed by atoms with van der Waals surface area (Å²) in [6, 6.07) is 0.339. The van der Waals surface area contributed by atoms with Crippen LogP contribution in [0.4, 0.5) is 0 Å². The summed E-state index contributed by atoms with van der Waals surface area (Å²) in [7, 11) is 0. The van der Waals surface area contributed by atoms with Gasteiger partial charge in [-0.1, -0.05) is 0 Å². The first-order valence-electron chi connectivity index (χ1n) is 5.90. The summed E-state index contributed by atoms with van der Waals surface area (Å²) < 4.78 is 5.30. The van der Waals surface area contributed by atoms with E-state index in [4.69, 9.17) is 4.74 Å². The largest absolute Gasteiger partial charge is 0.382 e. The summed E-state index contributed by atoms with van der Waals surface area (Å²) in [5.74, 6) is 0. The van der Waals surface area contributed by atoms with E-state index in [0.29, 0.717) is 6.04 Å². The van der Waals surface area contributed by atoms with Gasteiger partial charge in [0.15, 0.2) is 0 Å². The Bertz CT molecular complexity index is 312. The minimum absolute atomic E-state index is 0.339. The maximum absolute atomic E-state index is 5.30. The van der Waals surface area contributed by atoms with Gasteiger partial charge >= 0.3 is 0 Å². The van der Waals surface area contributed by atoms with Gasteiger partial charge in [-0.25, -0.2) is 4.98 Å². The molecule has 0 fully saturated rings. The molecule has 1 heterocycles. The highest BCUT2D eigenvalue weighted by Gasteiger charge is 2.11. The molecular formula is C12H22N2OS. The summed E-state index contributed by atoms with van der Waals surface area (Å²) in [6.07, 6.45) is 1.06. The standard InChI is InChI=1S/C12H22N2OS/c1-5-15-8-6-7-13-9(2)12-10(3)16-11(4)14-12/h9,13H,5-8H2,1-4H3. The van der Waals surface area contributed by atoms with Crippen LogP contribution in [-0.4, -0.2) is 24.7 Å². The highest BCUT2D eigenvalue weighted by atomic mass is 32.1. The molecule has 0 amide bonds. The molecule has 0 spiro atoms. The Labute approximate surface area is 102 Å². The predicted octanol–water partition coefficient (Wildman–Crippen LogP) is 2.84. The molecule has 92 valence electrons. The van der Waals surface area contributed by atoms with Crippen molar-refractivity contribution in [1.29, 1.82) is 0 Å².